The third kappa shape index (κ3) is 1.22. The van der Waals surface area contributed by atoms with E-state index < -0.39 is 5.60 Å². The summed E-state index contributed by atoms with van der Waals surface area (Å²) in [6.45, 7) is 4.91. The van der Waals surface area contributed by atoms with Gasteiger partial charge in [-0.15, -0.1) is 0 Å². The molecule has 12 heavy (non-hydrogen) atoms. The number of likely N-dealkylation sites (tertiary alicyclic amines) is 1. The minimum Gasteiger partial charge on any atom is -0.386 e. The molecule has 3 nitrogen and oxygen atoms in total. The van der Waals surface area contributed by atoms with E-state index in [0.717, 1.165) is 6.42 Å². The maximum absolute atomic E-state index is 11.5. The van der Waals surface area contributed by atoms with Crippen molar-refractivity contribution in [2.75, 3.05) is 13.1 Å². The molecule has 0 bridgehead atoms. The van der Waals surface area contributed by atoms with E-state index in [-0.39, 0.29) is 11.8 Å². The molecule has 1 aliphatic heterocycles. The number of hydrogen-bond donors (Lipinski definition) is 1. The molecule has 1 aliphatic carbocycles. The zero-order chi connectivity index (χ0) is 8.93. The fourth-order valence-electron chi connectivity index (χ4n) is 1.83. The lowest BCUT2D eigenvalue weighted by Crippen LogP contribution is -2.62. The zero-order valence-electron chi connectivity index (χ0n) is 7.58. The lowest BCUT2D eigenvalue weighted by molar-refractivity contribution is -0.153. The third-order valence-corrected chi connectivity index (χ3v) is 2.80. The molecule has 3 heteroatoms. The van der Waals surface area contributed by atoms with Crippen LogP contribution in [0.25, 0.3) is 0 Å². The monoisotopic (exact) mass is 169 g/mol. The molecule has 0 aromatic rings. The van der Waals surface area contributed by atoms with Crippen LogP contribution in [0.3, 0.4) is 0 Å². The summed E-state index contributed by atoms with van der Waals surface area (Å²) in [4.78, 5) is 13.3. The molecule has 0 aromatic heterocycles. The number of carbonyl (C=O) groups is 1. The first kappa shape index (κ1) is 8.05. The van der Waals surface area contributed by atoms with Crippen LogP contribution in [0.2, 0.25) is 0 Å². The molecule has 2 aliphatic rings. The second-order valence-corrected chi connectivity index (χ2v) is 4.51. The van der Waals surface area contributed by atoms with Crippen molar-refractivity contribution in [3.8, 4) is 0 Å². The second-order valence-electron chi connectivity index (χ2n) is 4.51. The van der Waals surface area contributed by atoms with Crippen LogP contribution >= 0.6 is 0 Å². The van der Waals surface area contributed by atoms with Gasteiger partial charge in [-0.2, -0.15) is 0 Å². The first-order valence-electron chi connectivity index (χ1n) is 4.51. The number of nitrogens with zero attached hydrogens (tertiary/aromatic N) is 1. The quantitative estimate of drug-likeness (QED) is 0.610. The molecule has 1 saturated carbocycles. The summed E-state index contributed by atoms with van der Waals surface area (Å²) in [6.07, 6.45) is 1.04. The van der Waals surface area contributed by atoms with Crippen LogP contribution in [-0.2, 0) is 4.79 Å². The van der Waals surface area contributed by atoms with Crippen LogP contribution in [0.5, 0.6) is 0 Å². The number of rotatable bonds is 1. The van der Waals surface area contributed by atoms with Gasteiger partial charge < -0.3 is 10.0 Å². The first-order chi connectivity index (χ1) is 5.49. The minimum atomic E-state index is -0.617. The van der Waals surface area contributed by atoms with E-state index in [2.05, 4.69) is 6.92 Å². The summed E-state index contributed by atoms with van der Waals surface area (Å²) in [5.74, 6) is 1.08. The Kier molecular flexibility index (Phi) is 1.49. The highest BCUT2D eigenvalue weighted by molar-refractivity contribution is 5.82. The fraction of sp³-hybridized carbons (Fsp3) is 0.889. The Bertz CT molecular complexity index is 217. The highest BCUT2D eigenvalue weighted by Gasteiger charge is 2.47. The minimum absolute atomic E-state index is 0.244. The second kappa shape index (κ2) is 2.22. The Morgan fingerprint density at radius 3 is 2.42 bits per heavy atom. The van der Waals surface area contributed by atoms with Gasteiger partial charge in [0.15, 0.2) is 0 Å². The summed E-state index contributed by atoms with van der Waals surface area (Å²) in [7, 11) is 0. The lowest BCUT2D eigenvalue weighted by atomic mass is 9.96. The summed E-state index contributed by atoms with van der Waals surface area (Å²) in [5.41, 5.74) is -0.617. The molecule has 1 saturated heterocycles. The lowest BCUT2D eigenvalue weighted by Gasteiger charge is -2.44. The summed E-state index contributed by atoms with van der Waals surface area (Å²) >= 11 is 0. The smallest absolute Gasteiger partial charge is 0.226 e. The fourth-order valence-corrected chi connectivity index (χ4v) is 1.83. The largest absolute Gasteiger partial charge is 0.386 e. The van der Waals surface area contributed by atoms with Gasteiger partial charge in [0.1, 0.15) is 0 Å². The standard InChI is InChI=1S/C9H15NO2/c1-6-3-7(6)8(11)10-4-9(2,12)5-10/h6-7,12H,3-5H2,1-2H3/t6-,7-/m0/s1. The van der Waals surface area contributed by atoms with E-state index >= 15 is 0 Å². The van der Waals surface area contributed by atoms with Gasteiger partial charge in [0.2, 0.25) is 5.91 Å². The van der Waals surface area contributed by atoms with Crippen molar-refractivity contribution < 1.29 is 9.90 Å². The Labute approximate surface area is 72.4 Å². The van der Waals surface area contributed by atoms with Gasteiger partial charge in [-0.25, -0.2) is 0 Å². The van der Waals surface area contributed by atoms with Crippen molar-refractivity contribution in [1.82, 2.24) is 4.90 Å². The van der Waals surface area contributed by atoms with Gasteiger partial charge in [-0.1, -0.05) is 6.92 Å². The van der Waals surface area contributed by atoms with Crippen molar-refractivity contribution >= 4 is 5.91 Å². The highest BCUT2D eigenvalue weighted by atomic mass is 16.3. The number of aliphatic hydroxyl groups is 1. The normalized spacial score (nSPS) is 37.4. The van der Waals surface area contributed by atoms with E-state index in [1.807, 2.05) is 0 Å². The predicted molar refractivity (Wildman–Crippen MR) is 44.5 cm³/mol. The topological polar surface area (TPSA) is 40.5 Å². The van der Waals surface area contributed by atoms with Crippen molar-refractivity contribution in [1.29, 1.82) is 0 Å². The molecule has 1 amide bonds. The van der Waals surface area contributed by atoms with Crippen molar-refractivity contribution in [3.63, 3.8) is 0 Å². The molecule has 1 N–H and O–H groups in total. The molecule has 0 aromatic carbocycles. The molecule has 2 atom stereocenters. The predicted octanol–water partition coefficient (Wildman–Crippen LogP) is 0.236. The molecule has 68 valence electrons. The zero-order valence-corrected chi connectivity index (χ0v) is 7.58. The molecular formula is C9H15NO2. The average Bonchev–Trinajstić information content (AvgIpc) is 2.60. The van der Waals surface area contributed by atoms with Gasteiger partial charge in [0, 0.05) is 5.92 Å². The molecule has 1 heterocycles. The van der Waals surface area contributed by atoms with Crippen LogP contribution in [-0.4, -0.2) is 34.6 Å². The highest BCUT2D eigenvalue weighted by Crippen LogP contribution is 2.40. The summed E-state index contributed by atoms with van der Waals surface area (Å²) in [6, 6.07) is 0. The van der Waals surface area contributed by atoms with Crippen molar-refractivity contribution in [2.45, 2.75) is 25.9 Å². The molecule has 0 unspecified atom stereocenters. The summed E-state index contributed by atoms with van der Waals surface area (Å²) in [5, 5.41) is 9.41. The number of carbonyl (C=O) groups excluding carboxylic acids is 1. The molecule has 0 spiro atoms. The third-order valence-electron chi connectivity index (χ3n) is 2.80. The van der Waals surface area contributed by atoms with Gasteiger partial charge in [0.25, 0.3) is 0 Å². The Morgan fingerprint density at radius 1 is 1.58 bits per heavy atom. The van der Waals surface area contributed by atoms with E-state index in [9.17, 15) is 9.90 Å². The van der Waals surface area contributed by atoms with Crippen LogP contribution in [0.4, 0.5) is 0 Å². The van der Waals surface area contributed by atoms with E-state index in [0.29, 0.717) is 19.0 Å². The molecule has 2 rings (SSSR count). The Balaban J connectivity index is 1.85. The van der Waals surface area contributed by atoms with Crippen LogP contribution in [0.15, 0.2) is 0 Å². The Morgan fingerprint density at radius 2 is 2.08 bits per heavy atom. The van der Waals surface area contributed by atoms with E-state index in [1.54, 1.807) is 11.8 Å². The maximum atomic E-state index is 11.5. The number of hydrogen-bond acceptors (Lipinski definition) is 2. The molecule has 2 fully saturated rings. The van der Waals surface area contributed by atoms with Crippen LogP contribution in [0, 0.1) is 11.8 Å². The van der Waals surface area contributed by atoms with Crippen LogP contribution in [0.1, 0.15) is 20.3 Å². The van der Waals surface area contributed by atoms with Gasteiger partial charge in [-0.05, 0) is 19.3 Å². The van der Waals surface area contributed by atoms with Crippen LogP contribution < -0.4 is 0 Å². The van der Waals surface area contributed by atoms with E-state index in [1.165, 1.54) is 0 Å². The van der Waals surface area contributed by atoms with Crippen molar-refractivity contribution in [3.05, 3.63) is 0 Å². The molecular weight excluding hydrogens is 154 g/mol. The van der Waals surface area contributed by atoms with Gasteiger partial charge in [0.05, 0.1) is 18.7 Å². The van der Waals surface area contributed by atoms with Crippen molar-refractivity contribution in [2.24, 2.45) is 11.8 Å². The van der Waals surface area contributed by atoms with Gasteiger partial charge in [-0.3, -0.25) is 4.79 Å². The number of β-amino-alcohol motifs (C(OH)–C–C–N with tert-alkyl or cyclic N) is 1. The number of amides is 1. The SMILES string of the molecule is C[C@H]1C[C@@H]1C(=O)N1CC(C)(O)C1. The van der Waals surface area contributed by atoms with E-state index in [4.69, 9.17) is 0 Å². The summed E-state index contributed by atoms with van der Waals surface area (Å²) < 4.78 is 0. The Hall–Kier alpha value is -0.570. The first-order valence-corrected chi connectivity index (χ1v) is 4.51. The maximum Gasteiger partial charge on any atom is 0.226 e. The average molecular weight is 169 g/mol. The van der Waals surface area contributed by atoms with Gasteiger partial charge >= 0.3 is 0 Å². The molecule has 0 radical (unpaired) electrons.